The highest BCUT2D eigenvalue weighted by atomic mass is 16.6. The molecule has 1 spiro atoms. The van der Waals surface area contributed by atoms with Crippen LogP contribution in [0, 0.1) is 10.1 Å². The fourth-order valence-electron chi connectivity index (χ4n) is 4.67. The predicted octanol–water partition coefficient (Wildman–Crippen LogP) is 5.28. The number of fused-ring (bicyclic) bond motifs is 4. The molecule has 2 aliphatic heterocycles. The van der Waals surface area contributed by atoms with Crippen LogP contribution >= 0.6 is 0 Å². The van der Waals surface area contributed by atoms with E-state index in [1.54, 1.807) is 12.1 Å². The Hall–Kier alpha value is -3.34. The fourth-order valence-corrected chi connectivity index (χ4v) is 4.67. The van der Waals surface area contributed by atoms with Crippen molar-refractivity contribution in [2.75, 3.05) is 11.9 Å². The van der Waals surface area contributed by atoms with Gasteiger partial charge in [-0.1, -0.05) is 30.3 Å². The van der Waals surface area contributed by atoms with Crippen molar-refractivity contribution >= 4 is 28.2 Å². The van der Waals surface area contributed by atoms with Crippen LogP contribution in [0.25, 0.3) is 16.8 Å². The minimum atomic E-state index is -0.750. The molecule has 0 aliphatic carbocycles. The zero-order valence-electron chi connectivity index (χ0n) is 16.0. The first-order valence-electron chi connectivity index (χ1n) is 9.28. The fraction of sp³-hybridized carbons (Fsp3) is 0.217. The Balaban J connectivity index is 1.69. The molecule has 2 aliphatic rings. The molecular weight excluding hydrogens is 352 g/mol. The second kappa shape index (κ2) is 5.35. The summed E-state index contributed by atoms with van der Waals surface area (Å²) in [6, 6.07) is 17.4. The van der Waals surface area contributed by atoms with Crippen LogP contribution in [0.15, 0.2) is 60.7 Å². The first-order valence-corrected chi connectivity index (χ1v) is 9.28. The third-order valence-electron chi connectivity index (χ3n) is 6.29. The SMILES string of the molecule is CN1c2ccc([N+](=O)[O-])cc2C(C)(C)[C@]12C=Cc1c(ccc3ccccc13)O2. The molecule has 0 fully saturated rings. The highest BCUT2D eigenvalue weighted by Gasteiger charge is 2.58. The summed E-state index contributed by atoms with van der Waals surface area (Å²) >= 11 is 0. The molecule has 2 heterocycles. The highest BCUT2D eigenvalue weighted by molar-refractivity contribution is 5.94. The Morgan fingerprint density at radius 1 is 1.07 bits per heavy atom. The average Bonchev–Trinajstić information content (AvgIpc) is 2.86. The van der Waals surface area contributed by atoms with Crippen LogP contribution in [0.3, 0.4) is 0 Å². The number of rotatable bonds is 1. The summed E-state index contributed by atoms with van der Waals surface area (Å²) in [5, 5.41) is 13.6. The van der Waals surface area contributed by atoms with Gasteiger partial charge in [0, 0.05) is 30.4 Å². The number of nitro groups is 1. The van der Waals surface area contributed by atoms with Crippen molar-refractivity contribution in [2.45, 2.75) is 25.0 Å². The number of likely N-dealkylation sites (N-methyl/N-ethyl adjacent to an activating group) is 1. The van der Waals surface area contributed by atoms with Crippen molar-refractivity contribution in [3.63, 3.8) is 0 Å². The van der Waals surface area contributed by atoms with Gasteiger partial charge in [-0.25, -0.2) is 0 Å². The molecule has 140 valence electrons. The lowest BCUT2D eigenvalue weighted by Crippen LogP contribution is -2.58. The molecule has 3 aromatic rings. The van der Waals surface area contributed by atoms with E-state index < -0.39 is 11.1 Å². The van der Waals surface area contributed by atoms with Gasteiger partial charge in [-0.2, -0.15) is 0 Å². The molecule has 28 heavy (non-hydrogen) atoms. The van der Waals surface area contributed by atoms with Crippen molar-refractivity contribution in [2.24, 2.45) is 0 Å². The third kappa shape index (κ3) is 1.96. The summed E-state index contributed by atoms with van der Waals surface area (Å²) in [7, 11) is 1.98. The summed E-state index contributed by atoms with van der Waals surface area (Å²) < 4.78 is 6.67. The molecule has 0 saturated carbocycles. The number of anilines is 1. The standard InChI is InChI=1S/C23H20N2O3/c1-22(2)19-14-16(25(26)27)9-10-20(19)24(3)23(22)13-12-18-17-7-5-4-6-15(17)8-11-21(18)28-23/h4-14H,1-3H3/t23-/m1/s1. The second-order valence-electron chi connectivity index (χ2n) is 7.97. The van der Waals surface area contributed by atoms with Crippen LogP contribution < -0.4 is 9.64 Å². The van der Waals surface area contributed by atoms with Gasteiger partial charge < -0.3 is 9.64 Å². The van der Waals surface area contributed by atoms with Crippen LogP contribution in [0.4, 0.5) is 11.4 Å². The number of hydrogen-bond acceptors (Lipinski definition) is 4. The predicted molar refractivity (Wildman–Crippen MR) is 111 cm³/mol. The summed E-state index contributed by atoms with van der Waals surface area (Å²) in [6.07, 6.45) is 4.22. The van der Waals surface area contributed by atoms with Gasteiger partial charge in [0.05, 0.1) is 10.3 Å². The average molecular weight is 372 g/mol. The van der Waals surface area contributed by atoms with E-state index in [9.17, 15) is 10.1 Å². The lowest BCUT2D eigenvalue weighted by atomic mass is 9.76. The van der Waals surface area contributed by atoms with Crippen LogP contribution in [-0.4, -0.2) is 17.7 Å². The number of nitro benzene ring substituents is 1. The van der Waals surface area contributed by atoms with Crippen molar-refractivity contribution < 1.29 is 9.66 Å². The molecule has 0 aromatic heterocycles. The molecular formula is C23H20N2O3. The number of non-ortho nitro benzene ring substituents is 1. The molecule has 0 bridgehead atoms. The van der Waals surface area contributed by atoms with Gasteiger partial charge in [0.15, 0.2) is 0 Å². The smallest absolute Gasteiger partial charge is 0.269 e. The van der Waals surface area contributed by atoms with Crippen LogP contribution in [-0.2, 0) is 5.41 Å². The zero-order chi connectivity index (χ0) is 19.7. The topological polar surface area (TPSA) is 55.6 Å². The molecule has 3 aromatic carbocycles. The molecule has 0 amide bonds. The highest BCUT2D eigenvalue weighted by Crippen LogP contribution is 2.55. The summed E-state index contributed by atoms with van der Waals surface area (Å²) in [4.78, 5) is 13.0. The molecule has 5 heteroatoms. The number of hydrogen-bond donors (Lipinski definition) is 0. The van der Waals surface area contributed by atoms with Gasteiger partial charge in [0.1, 0.15) is 5.75 Å². The minimum Gasteiger partial charge on any atom is -0.463 e. The van der Waals surface area contributed by atoms with E-state index in [-0.39, 0.29) is 10.6 Å². The molecule has 0 saturated heterocycles. The molecule has 5 nitrogen and oxygen atoms in total. The van der Waals surface area contributed by atoms with Crippen LogP contribution in [0.5, 0.6) is 5.75 Å². The van der Waals surface area contributed by atoms with E-state index in [0.717, 1.165) is 28.0 Å². The monoisotopic (exact) mass is 372 g/mol. The van der Waals surface area contributed by atoms with Crippen molar-refractivity contribution in [1.29, 1.82) is 0 Å². The van der Waals surface area contributed by atoms with Crippen LogP contribution in [0.1, 0.15) is 25.0 Å². The summed E-state index contributed by atoms with van der Waals surface area (Å²) in [6.45, 7) is 4.16. The second-order valence-corrected chi connectivity index (χ2v) is 7.97. The van der Waals surface area contributed by atoms with E-state index in [2.05, 4.69) is 49.1 Å². The number of benzene rings is 3. The lowest BCUT2D eigenvalue weighted by molar-refractivity contribution is -0.384. The van der Waals surface area contributed by atoms with Gasteiger partial charge >= 0.3 is 0 Å². The first-order chi connectivity index (χ1) is 13.3. The minimum absolute atomic E-state index is 0.100. The third-order valence-corrected chi connectivity index (χ3v) is 6.29. The van der Waals surface area contributed by atoms with Crippen molar-refractivity contribution in [3.8, 4) is 5.75 Å². The van der Waals surface area contributed by atoms with Gasteiger partial charge in [-0.05, 0) is 54.5 Å². The summed E-state index contributed by atoms with van der Waals surface area (Å²) in [5.74, 6) is 0.823. The first kappa shape index (κ1) is 16.8. The largest absolute Gasteiger partial charge is 0.463 e. The summed E-state index contributed by atoms with van der Waals surface area (Å²) in [5.41, 5.74) is 1.80. The molecule has 0 unspecified atom stereocenters. The van der Waals surface area contributed by atoms with E-state index in [1.165, 1.54) is 5.39 Å². The quantitative estimate of drug-likeness (QED) is 0.431. The molecule has 5 rings (SSSR count). The molecule has 0 N–H and O–H groups in total. The lowest BCUT2D eigenvalue weighted by Gasteiger charge is -2.45. The number of ether oxygens (including phenoxy) is 1. The Morgan fingerprint density at radius 2 is 1.86 bits per heavy atom. The van der Waals surface area contributed by atoms with Gasteiger partial charge in [-0.15, -0.1) is 0 Å². The van der Waals surface area contributed by atoms with Gasteiger partial charge in [-0.3, -0.25) is 10.1 Å². The number of nitrogens with zero attached hydrogens (tertiary/aromatic N) is 2. The van der Waals surface area contributed by atoms with E-state index >= 15 is 0 Å². The van der Waals surface area contributed by atoms with Crippen molar-refractivity contribution in [3.05, 3.63) is 81.9 Å². The zero-order valence-corrected chi connectivity index (χ0v) is 16.0. The normalized spacial score (nSPS) is 21.5. The van der Waals surface area contributed by atoms with Gasteiger partial charge in [0.25, 0.3) is 5.69 Å². The maximum atomic E-state index is 11.3. The molecule has 0 radical (unpaired) electrons. The van der Waals surface area contributed by atoms with Gasteiger partial charge in [0.2, 0.25) is 5.72 Å². The molecule has 1 atom stereocenters. The maximum absolute atomic E-state index is 11.3. The van der Waals surface area contributed by atoms with Crippen molar-refractivity contribution in [1.82, 2.24) is 0 Å². The Labute approximate surface area is 163 Å². The Morgan fingerprint density at radius 3 is 2.64 bits per heavy atom. The van der Waals surface area contributed by atoms with E-state index in [0.29, 0.717) is 0 Å². The van der Waals surface area contributed by atoms with E-state index in [1.807, 2.05) is 31.3 Å². The Bertz CT molecular complexity index is 1180. The Kier molecular flexibility index (Phi) is 3.21. The maximum Gasteiger partial charge on any atom is 0.269 e. The van der Waals surface area contributed by atoms with E-state index in [4.69, 9.17) is 4.74 Å². The van der Waals surface area contributed by atoms with Crippen LogP contribution in [0.2, 0.25) is 0 Å².